The SMILES string of the molecule is Cc1ccc(-c2nc(CC(=O)NC3(CC(=O)O)CCOCC3)cs2)o1. The molecular formula is C17H20N2O5S. The summed E-state index contributed by atoms with van der Waals surface area (Å²) in [5.41, 5.74) is -0.0953. The molecule has 7 nitrogen and oxygen atoms in total. The minimum atomic E-state index is -0.925. The molecule has 3 heterocycles. The van der Waals surface area contributed by atoms with Crippen molar-refractivity contribution in [1.82, 2.24) is 10.3 Å². The van der Waals surface area contributed by atoms with Crippen LogP contribution in [0.15, 0.2) is 21.9 Å². The van der Waals surface area contributed by atoms with E-state index in [9.17, 15) is 9.59 Å². The van der Waals surface area contributed by atoms with Crippen LogP contribution in [0.25, 0.3) is 10.8 Å². The Balaban J connectivity index is 1.65. The van der Waals surface area contributed by atoms with Crippen molar-refractivity contribution in [3.05, 3.63) is 29.0 Å². The average Bonchev–Trinajstić information content (AvgIpc) is 3.16. The number of carbonyl (C=O) groups is 2. The zero-order valence-corrected chi connectivity index (χ0v) is 14.7. The van der Waals surface area contributed by atoms with E-state index in [-0.39, 0.29) is 18.7 Å². The molecular weight excluding hydrogens is 344 g/mol. The molecule has 2 aromatic heterocycles. The van der Waals surface area contributed by atoms with Crippen molar-refractivity contribution in [2.75, 3.05) is 13.2 Å². The predicted molar refractivity (Wildman–Crippen MR) is 91.4 cm³/mol. The standard InChI is InChI=1S/C17H20N2O5S/c1-11-2-3-13(24-11)16-18-12(10-25-16)8-14(20)19-17(9-15(21)22)4-6-23-7-5-17/h2-3,10H,4-9H2,1H3,(H,19,20)(H,21,22). The lowest BCUT2D eigenvalue weighted by molar-refractivity contribution is -0.140. The Morgan fingerprint density at radius 3 is 2.76 bits per heavy atom. The molecule has 1 saturated heterocycles. The summed E-state index contributed by atoms with van der Waals surface area (Å²) < 4.78 is 10.8. The number of furan rings is 1. The van der Waals surface area contributed by atoms with E-state index in [1.807, 2.05) is 24.4 Å². The number of aliphatic carboxylic acids is 1. The van der Waals surface area contributed by atoms with Gasteiger partial charge in [0.05, 0.1) is 24.1 Å². The summed E-state index contributed by atoms with van der Waals surface area (Å²) in [5, 5.41) is 14.6. The second-order valence-corrected chi connectivity index (χ2v) is 7.10. The number of aromatic nitrogens is 1. The minimum absolute atomic E-state index is 0.101. The van der Waals surface area contributed by atoms with E-state index < -0.39 is 11.5 Å². The smallest absolute Gasteiger partial charge is 0.305 e. The van der Waals surface area contributed by atoms with Crippen LogP contribution in [0.3, 0.4) is 0 Å². The van der Waals surface area contributed by atoms with Crippen molar-refractivity contribution >= 4 is 23.2 Å². The number of thiazole rings is 1. The third-order valence-electron chi connectivity index (χ3n) is 4.19. The van der Waals surface area contributed by atoms with E-state index in [1.165, 1.54) is 11.3 Å². The van der Waals surface area contributed by atoms with Gasteiger partial charge in [-0.25, -0.2) is 4.98 Å². The topological polar surface area (TPSA) is 102 Å². The number of carbonyl (C=O) groups excluding carboxylic acids is 1. The van der Waals surface area contributed by atoms with Crippen molar-refractivity contribution in [1.29, 1.82) is 0 Å². The Kier molecular flexibility index (Phi) is 5.19. The quantitative estimate of drug-likeness (QED) is 0.816. The molecule has 3 rings (SSSR count). The zero-order chi connectivity index (χ0) is 17.9. The van der Waals surface area contributed by atoms with Crippen molar-refractivity contribution in [2.24, 2.45) is 0 Å². The van der Waals surface area contributed by atoms with E-state index in [0.29, 0.717) is 37.5 Å². The van der Waals surface area contributed by atoms with E-state index in [0.717, 1.165) is 10.8 Å². The van der Waals surface area contributed by atoms with Gasteiger partial charge in [0.2, 0.25) is 5.91 Å². The van der Waals surface area contributed by atoms with Crippen LogP contribution < -0.4 is 5.32 Å². The van der Waals surface area contributed by atoms with Crippen molar-refractivity contribution < 1.29 is 23.8 Å². The fourth-order valence-electron chi connectivity index (χ4n) is 2.95. The first-order valence-electron chi connectivity index (χ1n) is 8.08. The number of aryl methyl sites for hydroxylation is 1. The highest BCUT2D eigenvalue weighted by molar-refractivity contribution is 7.13. The highest BCUT2D eigenvalue weighted by atomic mass is 32.1. The first-order valence-corrected chi connectivity index (χ1v) is 8.95. The Bertz CT molecular complexity index is 761. The van der Waals surface area contributed by atoms with Gasteiger partial charge in [-0.05, 0) is 31.9 Å². The molecule has 2 aromatic rings. The summed E-state index contributed by atoms with van der Waals surface area (Å²) in [6.45, 7) is 2.76. The van der Waals surface area contributed by atoms with Crippen molar-refractivity contribution in [3.8, 4) is 10.8 Å². The van der Waals surface area contributed by atoms with Gasteiger partial charge in [0.1, 0.15) is 5.76 Å². The van der Waals surface area contributed by atoms with Crippen molar-refractivity contribution in [3.63, 3.8) is 0 Å². The van der Waals surface area contributed by atoms with Gasteiger partial charge in [-0.1, -0.05) is 0 Å². The van der Waals surface area contributed by atoms with Gasteiger partial charge in [-0.2, -0.15) is 0 Å². The lowest BCUT2D eigenvalue weighted by Crippen LogP contribution is -2.53. The van der Waals surface area contributed by atoms with Crippen LogP contribution in [0.4, 0.5) is 0 Å². The molecule has 0 saturated carbocycles. The lowest BCUT2D eigenvalue weighted by Gasteiger charge is -2.36. The molecule has 2 N–H and O–H groups in total. The number of rotatable bonds is 6. The first kappa shape index (κ1) is 17.6. The molecule has 1 amide bonds. The number of hydrogen-bond donors (Lipinski definition) is 2. The molecule has 8 heteroatoms. The van der Waals surface area contributed by atoms with Crippen LogP contribution in [0.5, 0.6) is 0 Å². The number of ether oxygens (including phenoxy) is 1. The molecule has 134 valence electrons. The van der Waals surface area contributed by atoms with E-state index in [1.54, 1.807) is 0 Å². The normalized spacial score (nSPS) is 16.5. The predicted octanol–water partition coefficient (Wildman–Crippen LogP) is 2.39. The van der Waals surface area contributed by atoms with Crippen LogP contribution >= 0.6 is 11.3 Å². The monoisotopic (exact) mass is 364 g/mol. The molecule has 25 heavy (non-hydrogen) atoms. The number of carboxylic acids is 1. The van der Waals surface area contributed by atoms with Gasteiger partial charge in [-0.3, -0.25) is 9.59 Å². The lowest BCUT2D eigenvalue weighted by atomic mass is 9.86. The number of carboxylic acid groups (broad SMARTS) is 1. The maximum absolute atomic E-state index is 12.4. The summed E-state index contributed by atoms with van der Waals surface area (Å²) >= 11 is 1.41. The molecule has 1 aliphatic rings. The highest BCUT2D eigenvalue weighted by Gasteiger charge is 2.36. The third kappa shape index (κ3) is 4.46. The number of hydrogen-bond acceptors (Lipinski definition) is 6. The number of nitrogens with one attached hydrogen (secondary N) is 1. The van der Waals surface area contributed by atoms with Gasteiger partial charge in [0, 0.05) is 18.6 Å². The van der Waals surface area contributed by atoms with Crippen LogP contribution in [0.1, 0.15) is 30.7 Å². The maximum Gasteiger partial charge on any atom is 0.305 e. The molecule has 0 radical (unpaired) electrons. The first-order chi connectivity index (χ1) is 12.0. The van der Waals surface area contributed by atoms with Gasteiger partial charge >= 0.3 is 5.97 Å². The molecule has 0 spiro atoms. The maximum atomic E-state index is 12.4. The molecule has 1 fully saturated rings. The zero-order valence-electron chi connectivity index (χ0n) is 13.9. The molecule has 0 unspecified atom stereocenters. The summed E-state index contributed by atoms with van der Waals surface area (Å²) in [6.07, 6.45) is 1.01. The molecule has 1 aliphatic heterocycles. The number of nitrogens with zero attached hydrogens (tertiary/aromatic N) is 1. The summed E-state index contributed by atoms with van der Waals surface area (Å²) in [4.78, 5) is 28.0. The Morgan fingerprint density at radius 2 is 2.12 bits per heavy atom. The van der Waals surface area contributed by atoms with Crippen LogP contribution in [-0.2, 0) is 20.7 Å². The fourth-order valence-corrected chi connectivity index (χ4v) is 3.73. The van der Waals surface area contributed by atoms with E-state index >= 15 is 0 Å². The van der Waals surface area contributed by atoms with Gasteiger partial charge < -0.3 is 19.6 Å². The summed E-state index contributed by atoms with van der Waals surface area (Å²) in [5.74, 6) is 0.336. The average molecular weight is 364 g/mol. The number of amides is 1. The highest BCUT2D eigenvalue weighted by Crippen LogP contribution is 2.27. The Hall–Kier alpha value is -2.19. The molecule has 0 atom stereocenters. The Morgan fingerprint density at radius 1 is 1.36 bits per heavy atom. The third-order valence-corrected chi connectivity index (χ3v) is 5.09. The second-order valence-electron chi connectivity index (χ2n) is 6.24. The second kappa shape index (κ2) is 7.37. The van der Waals surface area contributed by atoms with Crippen LogP contribution in [0.2, 0.25) is 0 Å². The van der Waals surface area contributed by atoms with Gasteiger partial charge in [0.25, 0.3) is 0 Å². The summed E-state index contributed by atoms with van der Waals surface area (Å²) in [6, 6.07) is 3.71. The Labute approximate surface area is 149 Å². The summed E-state index contributed by atoms with van der Waals surface area (Å²) in [7, 11) is 0. The minimum Gasteiger partial charge on any atom is -0.481 e. The molecule has 0 aliphatic carbocycles. The van der Waals surface area contributed by atoms with Crippen LogP contribution in [-0.4, -0.2) is 40.7 Å². The largest absolute Gasteiger partial charge is 0.481 e. The van der Waals surface area contributed by atoms with Crippen molar-refractivity contribution in [2.45, 2.75) is 38.1 Å². The fraction of sp³-hybridized carbons (Fsp3) is 0.471. The van der Waals surface area contributed by atoms with Gasteiger partial charge in [-0.15, -0.1) is 11.3 Å². The van der Waals surface area contributed by atoms with E-state index in [4.69, 9.17) is 14.3 Å². The van der Waals surface area contributed by atoms with E-state index in [2.05, 4.69) is 10.3 Å². The van der Waals surface area contributed by atoms with Crippen LogP contribution in [0, 0.1) is 6.92 Å². The van der Waals surface area contributed by atoms with Gasteiger partial charge in [0.15, 0.2) is 10.8 Å². The molecule has 0 aromatic carbocycles. The molecule has 0 bridgehead atoms.